The molecule has 1 aliphatic rings. The Hall–Kier alpha value is -8.21. The molecule has 2 aromatic heterocycles. The van der Waals surface area contributed by atoms with Crippen LogP contribution in [0.5, 0.6) is 0 Å². The second-order valence-corrected chi connectivity index (χ2v) is 17.2. The number of nitrogens with zero attached hydrogens (tertiary/aromatic N) is 3. The molecule has 64 heavy (non-hydrogen) atoms. The summed E-state index contributed by atoms with van der Waals surface area (Å²) in [4.78, 5) is 15.8. The van der Waals surface area contributed by atoms with Crippen molar-refractivity contribution in [1.29, 1.82) is 0 Å². The van der Waals surface area contributed by atoms with Crippen LogP contribution in [0.25, 0.3) is 112 Å². The van der Waals surface area contributed by atoms with E-state index in [1.54, 1.807) is 0 Å². The predicted molar refractivity (Wildman–Crippen MR) is 263 cm³/mol. The van der Waals surface area contributed by atoms with Gasteiger partial charge in [-0.2, -0.15) is 0 Å². The Morgan fingerprint density at radius 3 is 1.53 bits per heavy atom. The monoisotopic (exact) mass is 819 g/mol. The van der Waals surface area contributed by atoms with Crippen LogP contribution in [-0.2, 0) is 5.41 Å². The number of hydrogen-bond donors (Lipinski definition) is 0. The second-order valence-electron chi connectivity index (χ2n) is 17.2. The van der Waals surface area contributed by atoms with Crippen LogP contribution in [0.2, 0.25) is 0 Å². The molecule has 0 bridgehead atoms. The van der Waals surface area contributed by atoms with Gasteiger partial charge in [0.25, 0.3) is 0 Å². The summed E-state index contributed by atoms with van der Waals surface area (Å²) in [5.74, 6) is 1.84. The molecule has 0 saturated carbocycles. The number of benzene rings is 9. The molecule has 0 spiro atoms. The predicted octanol–water partition coefficient (Wildman–Crippen LogP) is 15.7. The topological polar surface area (TPSA) is 51.8 Å². The zero-order valence-corrected chi connectivity index (χ0v) is 35.5. The van der Waals surface area contributed by atoms with E-state index >= 15 is 0 Å². The van der Waals surface area contributed by atoms with Crippen molar-refractivity contribution in [2.75, 3.05) is 0 Å². The molecule has 0 fully saturated rings. The third-order valence-corrected chi connectivity index (χ3v) is 12.9. The summed E-state index contributed by atoms with van der Waals surface area (Å²) < 4.78 is 6.61. The molecule has 2 heterocycles. The molecular weight excluding hydrogens is 779 g/mol. The quantitative estimate of drug-likeness (QED) is 0.161. The van der Waals surface area contributed by atoms with Crippen LogP contribution in [0.1, 0.15) is 25.0 Å². The first kappa shape index (κ1) is 37.5. The van der Waals surface area contributed by atoms with E-state index in [-0.39, 0.29) is 5.41 Å². The SMILES string of the molecule is CC1(C)c2ccccc2-c2cc(-c3nc(-c4ccc(-c5ccccc5)cc4)nc(-c4cc(-c5ccccc5)cc(-c5ccc6c(c5)oc5cccc(-c7ccccc7)c56)c4)n3)ccc21. The molecule has 1 aliphatic carbocycles. The highest BCUT2D eigenvalue weighted by molar-refractivity contribution is 6.13. The second kappa shape index (κ2) is 15.0. The third-order valence-electron chi connectivity index (χ3n) is 12.9. The Morgan fingerprint density at radius 2 is 0.812 bits per heavy atom. The van der Waals surface area contributed by atoms with Crippen molar-refractivity contribution in [3.63, 3.8) is 0 Å². The molecule has 0 amide bonds. The number of aromatic nitrogens is 3. The molecule has 0 atom stereocenters. The minimum Gasteiger partial charge on any atom is -0.456 e. The lowest BCUT2D eigenvalue weighted by atomic mass is 9.82. The van der Waals surface area contributed by atoms with Crippen LogP contribution in [0.15, 0.2) is 217 Å². The van der Waals surface area contributed by atoms with Gasteiger partial charge in [-0.15, -0.1) is 0 Å². The summed E-state index contributed by atoms with van der Waals surface area (Å²) in [6.07, 6.45) is 0. The smallest absolute Gasteiger partial charge is 0.164 e. The molecular formula is C60H41N3O. The molecule has 12 rings (SSSR count). The average Bonchev–Trinajstić information content (AvgIpc) is 3.85. The van der Waals surface area contributed by atoms with E-state index in [4.69, 9.17) is 19.4 Å². The molecule has 0 saturated heterocycles. The largest absolute Gasteiger partial charge is 0.456 e. The van der Waals surface area contributed by atoms with Crippen LogP contribution in [0.4, 0.5) is 0 Å². The maximum absolute atomic E-state index is 6.61. The Balaban J connectivity index is 1.03. The Morgan fingerprint density at radius 1 is 0.312 bits per heavy atom. The van der Waals surface area contributed by atoms with Gasteiger partial charge < -0.3 is 4.42 Å². The standard InChI is InChI=1S/C60H41N3O/c1-60(2)52-23-13-12-21-49(52)51-36-44(30-32-53(51)60)58-61-57(42-27-25-40(26-28-42)38-15-6-3-7-16-38)62-59(63-58)47-34-45(39-17-8-4-9-18-39)33-46(35-47)43-29-31-50-55(37-43)64-54-24-14-22-48(56(50)54)41-19-10-5-11-20-41/h3-37H,1-2H3. The Labute approximate surface area is 372 Å². The first-order valence-corrected chi connectivity index (χ1v) is 21.8. The van der Waals surface area contributed by atoms with E-state index in [0.29, 0.717) is 17.5 Å². The fraction of sp³-hybridized carbons (Fsp3) is 0.0500. The molecule has 4 heteroatoms. The van der Waals surface area contributed by atoms with E-state index in [1.807, 2.05) is 6.07 Å². The maximum Gasteiger partial charge on any atom is 0.164 e. The summed E-state index contributed by atoms with van der Waals surface area (Å²) in [6.45, 7) is 4.61. The summed E-state index contributed by atoms with van der Waals surface area (Å²) >= 11 is 0. The fourth-order valence-corrected chi connectivity index (χ4v) is 9.65. The number of hydrogen-bond acceptors (Lipinski definition) is 4. The van der Waals surface area contributed by atoms with Gasteiger partial charge in [0.05, 0.1) is 0 Å². The lowest BCUT2D eigenvalue weighted by molar-refractivity contribution is 0.660. The average molecular weight is 820 g/mol. The van der Waals surface area contributed by atoms with E-state index in [0.717, 1.165) is 83.1 Å². The lowest BCUT2D eigenvalue weighted by Crippen LogP contribution is -2.14. The molecule has 9 aromatic carbocycles. The summed E-state index contributed by atoms with van der Waals surface area (Å²) in [5, 5.41) is 2.21. The van der Waals surface area contributed by atoms with E-state index in [9.17, 15) is 0 Å². The van der Waals surface area contributed by atoms with Gasteiger partial charge in [0, 0.05) is 32.9 Å². The van der Waals surface area contributed by atoms with Gasteiger partial charge in [-0.25, -0.2) is 15.0 Å². The molecule has 4 nitrogen and oxygen atoms in total. The van der Waals surface area contributed by atoms with Crippen LogP contribution >= 0.6 is 0 Å². The van der Waals surface area contributed by atoms with Gasteiger partial charge in [0.15, 0.2) is 17.5 Å². The van der Waals surface area contributed by atoms with Crippen molar-refractivity contribution >= 4 is 21.9 Å². The van der Waals surface area contributed by atoms with Crippen LogP contribution in [0, 0.1) is 0 Å². The summed E-state index contributed by atoms with van der Waals surface area (Å²) in [7, 11) is 0. The minimum absolute atomic E-state index is 0.107. The lowest BCUT2D eigenvalue weighted by Gasteiger charge is -2.21. The first-order chi connectivity index (χ1) is 31.4. The van der Waals surface area contributed by atoms with Gasteiger partial charge in [-0.05, 0) is 109 Å². The van der Waals surface area contributed by atoms with Gasteiger partial charge in [-0.3, -0.25) is 0 Å². The number of furan rings is 1. The van der Waals surface area contributed by atoms with Crippen molar-refractivity contribution < 1.29 is 4.42 Å². The van der Waals surface area contributed by atoms with E-state index in [1.165, 1.54) is 22.3 Å². The van der Waals surface area contributed by atoms with Crippen molar-refractivity contribution in [3.8, 4) is 89.8 Å². The van der Waals surface area contributed by atoms with E-state index < -0.39 is 0 Å². The van der Waals surface area contributed by atoms with Crippen molar-refractivity contribution in [2.45, 2.75) is 19.3 Å². The zero-order valence-electron chi connectivity index (χ0n) is 35.5. The zero-order chi connectivity index (χ0) is 42.8. The highest BCUT2D eigenvalue weighted by Gasteiger charge is 2.35. The fourth-order valence-electron chi connectivity index (χ4n) is 9.65. The van der Waals surface area contributed by atoms with E-state index in [2.05, 4.69) is 220 Å². The molecule has 11 aromatic rings. The Kier molecular flexibility index (Phi) is 8.80. The van der Waals surface area contributed by atoms with Crippen molar-refractivity contribution in [1.82, 2.24) is 15.0 Å². The first-order valence-electron chi connectivity index (χ1n) is 21.8. The van der Waals surface area contributed by atoms with Gasteiger partial charge in [-0.1, -0.05) is 184 Å². The van der Waals surface area contributed by atoms with Crippen LogP contribution in [-0.4, -0.2) is 15.0 Å². The molecule has 0 unspecified atom stereocenters. The molecule has 0 radical (unpaired) electrons. The Bertz CT molecular complexity index is 3560. The third kappa shape index (κ3) is 6.42. The van der Waals surface area contributed by atoms with Gasteiger partial charge in [0.2, 0.25) is 0 Å². The van der Waals surface area contributed by atoms with Crippen LogP contribution in [0.3, 0.4) is 0 Å². The van der Waals surface area contributed by atoms with Gasteiger partial charge >= 0.3 is 0 Å². The highest BCUT2D eigenvalue weighted by Crippen LogP contribution is 2.49. The molecule has 0 N–H and O–H groups in total. The summed E-state index contributed by atoms with van der Waals surface area (Å²) in [6, 6.07) is 75.0. The maximum atomic E-state index is 6.61. The molecule has 302 valence electrons. The van der Waals surface area contributed by atoms with Crippen molar-refractivity contribution in [2.24, 2.45) is 0 Å². The van der Waals surface area contributed by atoms with Crippen molar-refractivity contribution in [3.05, 3.63) is 223 Å². The normalized spacial score (nSPS) is 12.7. The van der Waals surface area contributed by atoms with Gasteiger partial charge in [0.1, 0.15) is 11.2 Å². The highest BCUT2D eigenvalue weighted by atomic mass is 16.3. The minimum atomic E-state index is -0.107. The molecule has 0 aliphatic heterocycles. The number of rotatable bonds is 7. The number of fused-ring (bicyclic) bond motifs is 6. The summed E-state index contributed by atoms with van der Waals surface area (Å²) in [5.41, 5.74) is 18.3. The van der Waals surface area contributed by atoms with Crippen LogP contribution < -0.4 is 0 Å².